The van der Waals surface area contributed by atoms with Crippen LogP contribution in [0.1, 0.15) is 19.8 Å². The van der Waals surface area contributed by atoms with Gasteiger partial charge in [0.25, 0.3) is 5.91 Å². The molecule has 1 aromatic carbocycles. The maximum atomic E-state index is 12.3. The number of amides is 1. The smallest absolute Gasteiger partial charge is 0.326 e. The van der Waals surface area contributed by atoms with Gasteiger partial charge in [0, 0.05) is 11.0 Å². The Morgan fingerprint density at radius 2 is 2.05 bits per heavy atom. The molecule has 1 N–H and O–H groups in total. The van der Waals surface area contributed by atoms with Crippen LogP contribution in [0.25, 0.3) is 0 Å². The number of rotatable bonds is 4. The van der Waals surface area contributed by atoms with Gasteiger partial charge >= 0.3 is 5.97 Å². The SMILES string of the molecule is CC(Oc1ccc(Br)cc1)C(=O)N1CCC[C@H]1C(=O)O. The molecule has 2 atom stereocenters. The molecule has 1 saturated heterocycles. The highest BCUT2D eigenvalue weighted by Crippen LogP contribution is 2.21. The molecular formula is C14H16BrNO4. The van der Waals surface area contributed by atoms with Crippen molar-refractivity contribution < 1.29 is 19.4 Å². The molecule has 0 spiro atoms. The molecule has 0 aromatic heterocycles. The molecule has 0 bridgehead atoms. The first kappa shape index (κ1) is 14.8. The molecule has 1 aliphatic heterocycles. The highest BCUT2D eigenvalue weighted by Gasteiger charge is 2.36. The molecule has 0 aliphatic carbocycles. The average Bonchev–Trinajstić information content (AvgIpc) is 2.90. The number of carbonyl (C=O) groups is 2. The predicted molar refractivity (Wildman–Crippen MR) is 76.6 cm³/mol. The van der Waals surface area contributed by atoms with Crippen LogP contribution in [0.15, 0.2) is 28.7 Å². The summed E-state index contributed by atoms with van der Waals surface area (Å²) in [6.45, 7) is 2.12. The molecule has 1 aromatic rings. The number of aliphatic carboxylic acids is 1. The van der Waals surface area contributed by atoms with Crippen LogP contribution in [0, 0.1) is 0 Å². The number of likely N-dealkylation sites (tertiary alicyclic amines) is 1. The van der Waals surface area contributed by atoms with Crippen LogP contribution in [0.4, 0.5) is 0 Å². The van der Waals surface area contributed by atoms with Crippen LogP contribution in [0.5, 0.6) is 5.75 Å². The Labute approximate surface area is 125 Å². The van der Waals surface area contributed by atoms with E-state index in [0.29, 0.717) is 25.1 Å². The van der Waals surface area contributed by atoms with Gasteiger partial charge in [-0.2, -0.15) is 0 Å². The van der Waals surface area contributed by atoms with Crippen molar-refractivity contribution in [3.63, 3.8) is 0 Å². The van der Waals surface area contributed by atoms with Crippen LogP contribution in [-0.4, -0.2) is 40.6 Å². The molecule has 1 aliphatic rings. The van der Waals surface area contributed by atoms with E-state index < -0.39 is 18.1 Å². The molecular weight excluding hydrogens is 326 g/mol. The highest BCUT2D eigenvalue weighted by atomic mass is 79.9. The first-order valence-electron chi connectivity index (χ1n) is 6.44. The zero-order chi connectivity index (χ0) is 14.7. The fourth-order valence-electron chi connectivity index (χ4n) is 2.29. The van der Waals surface area contributed by atoms with Crippen LogP contribution in [0.2, 0.25) is 0 Å². The molecule has 0 saturated carbocycles. The lowest BCUT2D eigenvalue weighted by molar-refractivity contribution is -0.150. The summed E-state index contributed by atoms with van der Waals surface area (Å²) in [6, 6.07) is 6.43. The van der Waals surface area contributed by atoms with Gasteiger partial charge in [-0.1, -0.05) is 15.9 Å². The molecule has 6 heteroatoms. The lowest BCUT2D eigenvalue weighted by Gasteiger charge is -2.25. The van der Waals surface area contributed by atoms with Crippen LogP contribution >= 0.6 is 15.9 Å². The minimum Gasteiger partial charge on any atom is -0.481 e. The zero-order valence-electron chi connectivity index (χ0n) is 11.1. The molecule has 1 fully saturated rings. The number of halogens is 1. The van der Waals surface area contributed by atoms with Crippen molar-refractivity contribution in [3.05, 3.63) is 28.7 Å². The van der Waals surface area contributed by atoms with Crippen LogP contribution in [-0.2, 0) is 9.59 Å². The highest BCUT2D eigenvalue weighted by molar-refractivity contribution is 9.10. The molecule has 5 nitrogen and oxygen atoms in total. The maximum Gasteiger partial charge on any atom is 0.326 e. The van der Waals surface area contributed by atoms with Gasteiger partial charge < -0.3 is 14.7 Å². The van der Waals surface area contributed by atoms with E-state index in [4.69, 9.17) is 9.84 Å². The van der Waals surface area contributed by atoms with Crippen molar-refractivity contribution in [2.24, 2.45) is 0 Å². The first-order valence-corrected chi connectivity index (χ1v) is 7.24. The second-order valence-corrected chi connectivity index (χ2v) is 5.66. The lowest BCUT2D eigenvalue weighted by atomic mass is 10.2. The zero-order valence-corrected chi connectivity index (χ0v) is 12.7. The third kappa shape index (κ3) is 3.30. The van der Waals surface area contributed by atoms with Gasteiger partial charge in [-0.25, -0.2) is 4.79 Å². The summed E-state index contributed by atoms with van der Waals surface area (Å²) in [6.07, 6.45) is 0.524. The number of nitrogens with zero attached hydrogens (tertiary/aromatic N) is 1. The molecule has 1 amide bonds. The lowest BCUT2D eigenvalue weighted by Crippen LogP contribution is -2.46. The molecule has 2 rings (SSSR count). The average molecular weight is 342 g/mol. The third-order valence-corrected chi connectivity index (χ3v) is 3.82. The van der Waals surface area contributed by atoms with Crippen molar-refractivity contribution >= 4 is 27.8 Å². The van der Waals surface area contributed by atoms with E-state index >= 15 is 0 Å². The molecule has 108 valence electrons. The van der Waals surface area contributed by atoms with Crippen molar-refractivity contribution in [2.75, 3.05) is 6.54 Å². The molecule has 20 heavy (non-hydrogen) atoms. The van der Waals surface area contributed by atoms with Crippen LogP contribution < -0.4 is 4.74 Å². The number of hydrogen-bond acceptors (Lipinski definition) is 3. The Bertz CT molecular complexity index is 502. The van der Waals surface area contributed by atoms with Gasteiger partial charge in [0.2, 0.25) is 0 Å². The number of ether oxygens (including phenoxy) is 1. The summed E-state index contributed by atoms with van der Waals surface area (Å²) < 4.78 is 6.49. The van der Waals surface area contributed by atoms with E-state index in [1.807, 2.05) is 12.1 Å². The van der Waals surface area contributed by atoms with Crippen molar-refractivity contribution in [2.45, 2.75) is 31.9 Å². The van der Waals surface area contributed by atoms with Gasteiger partial charge in [-0.05, 0) is 44.0 Å². The van der Waals surface area contributed by atoms with Crippen molar-refractivity contribution in [1.29, 1.82) is 0 Å². The summed E-state index contributed by atoms with van der Waals surface area (Å²) in [7, 11) is 0. The Hall–Kier alpha value is -1.56. The number of carbonyl (C=O) groups excluding carboxylic acids is 1. The maximum absolute atomic E-state index is 12.3. The minimum absolute atomic E-state index is 0.280. The number of carboxylic acids is 1. The molecule has 0 radical (unpaired) electrons. The van der Waals surface area contributed by atoms with E-state index in [-0.39, 0.29) is 5.91 Å². The van der Waals surface area contributed by atoms with Gasteiger partial charge in [0.05, 0.1) is 0 Å². The Kier molecular flexibility index (Phi) is 4.65. The van der Waals surface area contributed by atoms with E-state index in [9.17, 15) is 9.59 Å². The second kappa shape index (κ2) is 6.26. The minimum atomic E-state index is -0.952. The Morgan fingerprint density at radius 1 is 1.40 bits per heavy atom. The number of benzene rings is 1. The summed E-state index contributed by atoms with van der Waals surface area (Å²) in [4.78, 5) is 24.7. The van der Waals surface area contributed by atoms with Crippen molar-refractivity contribution in [3.8, 4) is 5.75 Å². The third-order valence-electron chi connectivity index (χ3n) is 3.30. The summed E-state index contributed by atoms with van der Waals surface area (Å²) in [5, 5.41) is 9.09. The Balaban J connectivity index is 2.01. The normalized spacial score (nSPS) is 19.7. The quantitative estimate of drug-likeness (QED) is 0.912. The largest absolute Gasteiger partial charge is 0.481 e. The topological polar surface area (TPSA) is 66.8 Å². The van der Waals surface area contributed by atoms with Gasteiger partial charge in [0.1, 0.15) is 11.8 Å². The Morgan fingerprint density at radius 3 is 2.65 bits per heavy atom. The van der Waals surface area contributed by atoms with E-state index in [2.05, 4.69) is 15.9 Å². The summed E-state index contributed by atoms with van der Waals surface area (Å²) in [5.41, 5.74) is 0. The fraction of sp³-hybridized carbons (Fsp3) is 0.429. The summed E-state index contributed by atoms with van der Waals surface area (Å²) in [5.74, 6) is -0.648. The van der Waals surface area contributed by atoms with E-state index in [1.165, 1.54) is 4.90 Å². The van der Waals surface area contributed by atoms with Gasteiger partial charge in [-0.3, -0.25) is 4.79 Å². The number of carboxylic acid groups (broad SMARTS) is 1. The van der Waals surface area contributed by atoms with Gasteiger partial charge in [-0.15, -0.1) is 0 Å². The first-order chi connectivity index (χ1) is 9.49. The van der Waals surface area contributed by atoms with E-state index in [0.717, 1.165) is 4.47 Å². The van der Waals surface area contributed by atoms with Crippen LogP contribution in [0.3, 0.4) is 0 Å². The predicted octanol–water partition coefficient (Wildman–Crippen LogP) is 2.29. The fourth-order valence-corrected chi connectivity index (χ4v) is 2.55. The standard InChI is InChI=1S/C14H16BrNO4/c1-9(20-11-6-4-10(15)5-7-11)13(17)16-8-2-3-12(16)14(18)19/h4-7,9,12H,2-3,8H2,1H3,(H,18,19)/t9?,12-/m0/s1. The van der Waals surface area contributed by atoms with Crippen molar-refractivity contribution in [1.82, 2.24) is 4.90 Å². The number of hydrogen-bond donors (Lipinski definition) is 1. The van der Waals surface area contributed by atoms with E-state index in [1.54, 1.807) is 19.1 Å². The summed E-state index contributed by atoms with van der Waals surface area (Å²) >= 11 is 3.32. The second-order valence-electron chi connectivity index (χ2n) is 4.74. The molecule has 1 unspecified atom stereocenters. The van der Waals surface area contributed by atoms with Gasteiger partial charge in [0.15, 0.2) is 6.10 Å². The molecule has 1 heterocycles. The monoisotopic (exact) mass is 341 g/mol.